The fourth-order valence-electron chi connectivity index (χ4n) is 5.35. The molecule has 1 fully saturated rings. The minimum absolute atomic E-state index is 0.302. The zero-order valence-corrected chi connectivity index (χ0v) is 17.5. The van der Waals surface area contributed by atoms with Crippen LogP contribution in [0.25, 0.3) is 0 Å². The number of fused-ring (bicyclic) bond motifs is 7. The second kappa shape index (κ2) is 7.11. The van der Waals surface area contributed by atoms with Gasteiger partial charge in [-0.2, -0.15) is 0 Å². The molecule has 0 amide bonds. The Morgan fingerprint density at radius 1 is 0.621 bits per heavy atom. The van der Waals surface area contributed by atoms with Crippen molar-refractivity contribution in [3.05, 3.63) is 46.5 Å². The van der Waals surface area contributed by atoms with E-state index < -0.39 is 0 Å². The van der Waals surface area contributed by atoms with Gasteiger partial charge in [-0.15, -0.1) is 0 Å². The van der Waals surface area contributed by atoms with Crippen molar-refractivity contribution in [2.24, 2.45) is 0 Å². The molecular weight excluding hydrogens is 368 g/mol. The van der Waals surface area contributed by atoms with Crippen LogP contribution in [0.2, 0.25) is 0 Å². The van der Waals surface area contributed by atoms with Crippen LogP contribution in [0.5, 0.6) is 23.0 Å². The molecule has 6 nitrogen and oxygen atoms in total. The van der Waals surface area contributed by atoms with Crippen molar-refractivity contribution in [1.29, 1.82) is 0 Å². The van der Waals surface area contributed by atoms with Crippen molar-refractivity contribution in [3.8, 4) is 23.0 Å². The fourth-order valence-corrected chi connectivity index (χ4v) is 5.35. The average molecular weight is 396 g/mol. The molecule has 1 saturated heterocycles. The molecule has 0 radical (unpaired) electrons. The maximum absolute atomic E-state index is 5.63. The number of hydrogen-bond acceptors (Lipinski definition) is 6. The lowest BCUT2D eigenvalue weighted by Crippen LogP contribution is -2.32. The van der Waals surface area contributed by atoms with Gasteiger partial charge in [-0.3, -0.25) is 9.80 Å². The molecule has 154 valence electrons. The molecule has 3 aliphatic rings. The largest absolute Gasteiger partial charge is 0.493 e. The monoisotopic (exact) mass is 396 g/mol. The molecule has 3 aliphatic heterocycles. The van der Waals surface area contributed by atoms with Crippen LogP contribution in [0.4, 0.5) is 0 Å². The average Bonchev–Trinajstić information content (AvgIpc) is 3.16. The smallest absolute Gasteiger partial charge is 0.161 e. The van der Waals surface area contributed by atoms with E-state index in [1.165, 1.54) is 22.3 Å². The predicted octanol–water partition coefficient (Wildman–Crippen LogP) is 3.19. The molecule has 2 aromatic carbocycles. The normalized spacial score (nSPS) is 22.9. The molecule has 3 heterocycles. The van der Waals surface area contributed by atoms with Crippen LogP contribution in [-0.4, -0.2) is 58.0 Å². The van der Waals surface area contributed by atoms with E-state index in [-0.39, 0.29) is 0 Å². The van der Waals surface area contributed by atoms with Gasteiger partial charge in [0.2, 0.25) is 0 Å². The standard InChI is InChI=1S/C23H28N2O4/c1-26-18-9-14-5-7-24-13-25-8-6-15-10-19(27-2)21(29-4)12-17(15)23(25)22(24)16(14)11-20(18)28-3/h9-12,22-23H,5-8,13H2,1-4H3/t22-,23-/m0/s1. The summed E-state index contributed by atoms with van der Waals surface area (Å²) in [6, 6.07) is 9.29. The second-order valence-electron chi connectivity index (χ2n) is 7.97. The molecule has 0 saturated carbocycles. The summed E-state index contributed by atoms with van der Waals surface area (Å²) in [4.78, 5) is 5.20. The van der Waals surface area contributed by atoms with Gasteiger partial charge in [0.15, 0.2) is 23.0 Å². The number of nitrogens with zero attached hydrogens (tertiary/aromatic N) is 2. The van der Waals surface area contributed by atoms with Crippen LogP contribution in [0.1, 0.15) is 34.3 Å². The van der Waals surface area contributed by atoms with Crippen molar-refractivity contribution in [2.75, 3.05) is 48.2 Å². The summed E-state index contributed by atoms with van der Waals surface area (Å²) in [5, 5.41) is 0. The zero-order chi connectivity index (χ0) is 20.1. The zero-order valence-electron chi connectivity index (χ0n) is 17.5. The molecule has 0 bridgehead atoms. The van der Waals surface area contributed by atoms with Gasteiger partial charge in [0, 0.05) is 13.1 Å². The Morgan fingerprint density at radius 2 is 1.00 bits per heavy atom. The van der Waals surface area contributed by atoms with E-state index in [2.05, 4.69) is 34.1 Å². The summed E-state index contributed by atoms with van der Waals surface area (Å²) in [7, 11) is 6.82. The lowest BCUT2D eigenvalue weighted by molar-refractivity contribution is 0.211. The van der Waals surface area contributed by atoms with Crippen LogP contribution in [-0.2, 0) is 12.8 Å². The molecule has 6 heteroatoms. The molecule has 0 N–H and O–H groups in total. The van der Waals surface area contributed by atoms with Crippen molar-refractivity contribution < 1.29 is 18.9 Å². The van der Waals surface area contributed by atoms with Gasteiger partial charge in [0.25, 0.3) is 0 Å². The van der Waals surface area contributed by atoms with E-state index in [0.29, 0.717) is 12.1 Å². The first-order valence-corrected chi connectivity index (χ1v) is 10.2. The van der Waals surface area contributed by atoms with E-state index in [1.54, 1.807) is 28.4 Å². The SMILES string of the molecule is COc1cc2c(cc1OC)[C@H]1[C@@H]3c4cc(OC)c(OC)cc4CCN3CN1CC2. The highest BCUT2D eigenvalue weighted by molar-refractivity contribution is 5.54. The van der Waals surface area contributed by atoms with Gasteiger partial charge < -0.3 is 18.9 Å². The van der Waals surface area contributed by atoms with Crippen molar-refractivity contribution in [1.82, 2.24) is 9.80 Å². The molecule has 29 heavy (non-hydrogen) atoms. The second-order valence-corrected chi connectivity index (χ2v) is 7.97. The summed E-state index contributed by atoms with van der Waals surface area (Å²) >= 11 is 0. The van der Waals surface area contributed by atoms with Crippen molar-refractivity contribution in [2.45, 2.75) is 24.9 Å². The van der Waals surface area contributed by atoms with E-state index >= 15 is 0 Å². The lowest BCUT2D eigenvalue weighted by atomic mass is 9.82. The van der Waals surface area contributed by atoms with Crippen LogP contribution in [0.3, 0.4) is 0 Å². The third kappa shape index (κ3) is 2.77. The van der Waals surface area contributed by atoms with Crippen LogP contribution in [0, 0.1) is 0 Å². The highest BCUT2D eigenvalue weighted by Crippen LogP contribution is 2.52. The lowest BCUT2D eigenvalue weighted by Gasteiger charge is -2.37. The summed E-state index contributed by atoms with van der Waals surface area (Å²) in [5.74, 6) is 3.22. The minimum atomic E-state index is 0.302. The van der Waals surface area contributed by atoms with E-state index in [0.717, 1.165) is 55.6 Å². The Morgan fingerprint density at radius 3 is 1.38 bits per heavy atom. The Hall–Kier alpha value is -2.44. The number of benzene rings is 2. The van der Waals surface area contributed by atoms with Gasteiger partial charge in [-0.1, -0.05) is 0 Å². The Kier molecular flexibility index (Phi) is 4.56. The number of methoxy groups -OCH3 is 4. The molecule has 0 unspecified atom stereocenters. The van der Waals surface area contributed by atoms with Gasteiger partial charge in [-0.05, 0) is 59.4 Å². The minimum Gasteiger partial charge on any atom is -0.493 e. The maximum Gasteiger partial charge on any atom is 0.161 e. The van der Waals surface area contributed by atoms with Crippen molar-refractivity contribution >= 4 is 0 Å². The summed E-state index contributed by atoms with van der Waals surface area (Å²) in [5.41, 5.74) is 5.42. The summed E-state index contributed by atoms with van der Waals surface area (Å²) < 4.78 is 22.4. The summed E-state index contributed by atoms with van der Waals surface area (Å²) in [6.07, 6.45) is 2.07. The highest BCUT2D eigenvalue weighted by atomic mass is 16.5. The first-order chi connectivity index (χ1) is 14.2. The van der Waals surface area contributed by atoms with Crippen molar-refractivity contribution in [3.63, 3.8) is 0 Å². The Bertz CT molecular complexity index is 869. The molecule has 2 aromatic rings. The fraction of sp³-hybridized carbons (Fsp3) is 0.478. The van der Waals surface area contributed by atoms with Gasteiger partial charge >= 0.3 is 0 Å². The molecule has 2 atom stereocenters. The molecule has 0 spiro atoms. The third-order valence-electron chi connectivity index (χ3n) is 6.71. The van der Waals surface area contributed by atoms with E-state index in [4.69, 9.17) is 18.9 Å². The molecule has 0 aliphatic carbocycles. The molecular formula is C23H28N2O4. The van der Waals surface area contributed by atoms with Crippen LogP contribution >= 0.6 is 0 Å². The first-order valence-electron chi connectivity index (χ1n) is 10.2. The van der Waals surface area contributed by atoms with Crippen LogP contribution < -0.4 is 18.9 Å². The Balaban J connectivity index is 1.64. The highest BCUT2D eigenvalue weighted by Gasteiger charge is 2.47. The number of hydrogen-bond donors (Lipinski definition) is 0. The number of ether oxygens (including phenoxy) is 4. The third-order valence-corrected chi connectivity index (χ3v) is 6.71. The molecule has 0 aromatic heterocycles. The number of rotatable bonds is 4. The quantitative estimate of drug-likeness (QED) is 0.791. The van der Waals surface area contributed by atoms with Gasteiger partial charge in [0.05, 0.1) is 47.2 Å². The topological polar surface area (TPSA) is 43.4 Å². The summed E-state index contributed by atoms with van der Waals surface area (Å²) in [6.45, 7) is 3.11. The van der Waals surface area contributed by atoms with Gasteiger partial charge in [-0.25, -0.2) is 0 Å². The van der Waals surface area contributed by atoms with E-state index in [1.807, 2.05) is 0 Å². The Labute approximate surface area is 171 Å². The first kappa shape index (κ1) is 18.6. The predicted molar refractivity (Wildman–Crippen MR) is 110 cm³/mol. The van der Waals surface area contributed by atoms with E-state index in [9.17, 15) is 0 Å². The van der Waals surface area contributed by atoms with Crippen LogP contribution in [0.15, 0.2) is 24.3 Å². The molecule has 5 rings (SSSR count). The maximum atomic E-state index is 5.63. The van der Waals surface area contributed by atoms with Gasteiger partial charge in [0.1, 0.15) is 0 Å².